The van der Waals surface area contributed by atoms with E-state index in [1.807, 2.05) is 6.07 Å². The van der Waals surface area contributed by atoms with Gasteiger partial charge in [-0.1, -0.05) is 0 Å². The Morgan fingerprint density at radius 1 is 1.24 bits per heavy atom. The number of ether oxygens (including phenoxy) is 3. The van der Waals surface area contributed by atoms with E-state index in [4.69, 9.17) is 14.2 Å². The second-order valence-electron chi connectivity index (χ2n) is 3.80. The largest absolute Gasteiger partial charge is 0.454 e. The van der Waals surface area contributed by atoms with Gasteiger partial charge >= 0.3 is 0 Å². The molecule has 0 unspecified atom stereocenters. The van der Waals surface area contributed by atoms with Crippen molar-refractivity contribution in [1.29, 1.82) is 0 Å². The third-order valence-electron chi connectivity index (χ3n) is 2.72. The molecular weight excluding hydrogens is 226 g/mol. The monoisotopic (exact) mass is 235 g/mol. The van der Waals surface area contributed by atoms with Crippen molar-refractivity contribution in [3.63, 3.8) is 0 Å². The minimum Gasteiger partial charge on any atom is -0.454 e. The van der Waals surface area contributed by atoms with Crippen LogP contribution in [-0.4, -0.2) is 18.3 Å². The summed E-state index contributed by atoms with van der Waals surface area (Å²) < 4.78 is 15.8. The van der Waals surface area contributed by atoms with Crippen LogP contribution in [0.15, 0.2) is 18.3 Å². The summed E-state index contributed by atoms with van der Waals surface area (Å²) >= 11 is 0. The molecule has 0 amide bonds. The molecule has 6 nitrogen and oxygen atoms in total. The second kappa shape index (κ2) is 3.74. The standard InChI is InChI=1S/C11H9NO5/c13-12(14)3-8-5-15-4-7-1-10-11(2-9(7)8)17-6-16-10/h1-3H,4-6H2/b8-3-. The normalized spacial score (nSPS) is 19.2. The molecule has 0 aliphatic carbocycles. The highest BCUT2D eigenvalue weighted by molar-refractivity contribution is 5.72. The van der Waals surface area contributed by atoms with E-state index in [0.29, 0.717) is 23.7 Å². The summed E-state index contributed by atoms with van der Waals surface area (Å²) in [6, 6.07) is 3.58. The summed E-state index contributed by atoms with van der Waals surface area (Å²) in [6.45, 7) is 0.863. The SMILES string of the molecule is O=[N+]([O-])/C=C1/COCc2cc3c(cc21)OCO3. The number of nitrogens with zero attached hydrogens (tertiary/aromatic N) is 1. The lowest BCUT2D eigenvalue weighted by atomic mass is 9.98. The summed E-state index contributed by atoms with van der Waals surface area (Å²) in [5, 5.41) is 10.5. The van der Waals surface area contributed by atoms with Gasteiger partial charge in [0, 0.05) is 0 Å². The Morgan fingerprint density at radius 3 is 2.76 bits per heavy atom. The zero-order chi connectivity index (χ0) is 11.8. The fourth-order valence-electron chi connectivity index (χ4n) is 1.99. The first-order chi connectivity index (χ1) is 8.24. The molecular formula is C11H9NO5. The van der Waals surface area contributed by atoms with Crippen LogP contribution >= 0.6 is 0 Å². The van der Waals surface area contributed by atoms with Crippen molar-refractivity contribution in [2.75, 3.05) is 13.4 Å². The van der Waals surface area contributed by atoms with Gasteiger partial charge in [0.05, 0.1) is 23.7 Å². The Bertz CT molecular complexity index is 523. The molecule has 2 aliphatic heterocycles. The van der Waals surface area contributed by atoms with Crippen molar-refractivity contribution < 1.29 is 19.1 Å². The smallest absolute Gasteiger partial charge is 0.240 e. The van der Waals surface area contributed by atoms with Crippen molar-refractivity contribution >= 4 is 5.57 Å². The van der Waals surface area contributed by atoms with Gasteiger partial charge in [-0.3, -0.25) is 10.1 Å². The quantitative estimate of drug-likeness (QED) is 0.545. The predicted octanol–water partition coefficient (Wildman–Crippen LogP) is 1.56. The summed E-state index contributed by atoms with van der Waals surface area (Å²) in [5.41, 5.74) is 2.24. The first-order valence-electron chi connectivity index (χ1n) is 5.09. The van der Waals surface area contributed by atoms with Crippen LogP contribution in [0.2, 0.25) is 0 Å². The molecule has 0 atom stereocenters. The summed E-state index contributed by atoms with van der Waals surface area (Å²) in [4.78, 5) is 10.1. The first kappa shape index (κ1) is 10.1. The molecule has 88 valence electrons. The molecule has 6 heteroatoms. The van der Waals surface area contributed by atoms with Gasteiger partial charge in [0.25, 0.3) is 0 Å². The summed E-state index contributed by atoms with van der Waals surface area (Å²) in [7, 11) is 0. The van der Waals surface area contributed by atoms with Crippen LogP contribution in [0.1, 0.15) is 11.1 Å². The second-order valence-corrected chi connectivity index (χ2v) is 3.80. The fourth-order valence-corrected chi connectivity index (χ4v) is 1.99. The molecule has 0 bridgehead atoms. The highest BCUT2D eigenvalue weighted by atomic mass is 16.7. The molecule has 1 aromatic rings. The lowest BCUT2D eigenvalue weighted by molar-refractivity contribution is -0.401. The van der Waals surface area contributed by atoms with Crippen molar-refractivity contribution in [2.45, 2.75) is 6.61 Å². The molecule has 0 radical (unpaired) electrons. The number of hydrogen-bond donors (Lipinski definition) is 0. The van der Waals surface area contributed by atoms with Crippen LogP contribution in [0.3, 0.4) is 0 Å². The maximum atomic E-state index is 10.5. The highest BCUT2D eigenvalue weighted by Crippen LogP contribution is 2.38. The first-order valence-corrected chi connectivity index (χ1v) is 5.09. The Labute approximate surface area is 96.5 Å². The minimum atomic E-state index is -0.474. The Morgan fingerprint density at radius 2 is 2.00 bits per heavy atom. The van der Waals surface area contributed by atoms with E-state index in [1.165, 1.54) is 0 Å². The van der Waals surface area contributed by atoms with Crippen molar-refractivity contribution in [3.05, 3.63) is 39.6 Å². The maximum Gasteiger partial charge on any atom is 0.240 e. The summed E-state index contributed by atoms with van der Waals surface area (Å²) in [5.74, 6) is 1.29. The van der Waals surface area contributed by atoms with Crippen LogP contribution < -0.4 is 9.47 Å². The van der Waals surface area contributed by atoms with E-state index in [9.17, 15) is 10.1 Å². The molecule has 17 heavy (non-hydrogen) atoms. The number of benzene rings is 1. The van der Waals surface area contributed by atoms with E-state index >= 15 is 0 Å². The van der Waals surface area contributed by atoms with Gasteiger partial charge in [-0.2, -0.15) is 0 Å². The van der Waals surface area contributed by atoms with Crippen LogP contribution in [0.25, 0.3) is 5.57 Å². The fraction of sp³-hybridized carbons (Fsp3) is 0.273. The molecule has 0 fully saturated rings. The number of fused-ring (bicyclic) bond motifs is 2. The van der Waals surface area contributed by atoms with Gasteiger partial charge in [-0.05, 0) is 23.3 Å². The molecule has 2 heterocycles. The highest BCUT2D eigenvalue weighted by Gasteiger charge is 2.23. The molecule has 0 saturated carbocycles. The molecule has 0 aromatic heterocycles. The number of hydrogen-bond acceptors (Lipinski definition) is 5. The van der Waals surface area contributed by atoms with Crippen molar-refractivity contribution in [1.82, 2.24) is 0 Å². The van der Waals surface area contributed by atoms with Gasteiger partial charge in [0.1, 0.15) is 0 Å². The number of nitro groups is 1. The molecule has 2 aliphatic rings. The van der Waals surface area contributed by atoms with E-state index in [1.54, 1.807) is 6.07 Å². The molecule has 3 rings (SSSR count). The van der Waals surface area contributed by atoms with Gasteiger partial charge < -0.3 is 14.2 Å². The molecule has 1 aromatic carbocycles. The van der Waals surface area contributed by atoms with Crippen LogP contribution in [0.4, 0.5) is 0 Å². The van der Waals surface area contributed by atoms with Crippen molar-refractivity contribution in [3.8, 4) is 11.5 Å². The zero-order valence-electron chi connectivity index (χ0n) is 8.84. The third kappa shape index (κ3) is 1.72. The average Bonchev–Trinajstić information content (AvgIpc) is 2.73. The van der Waals surface area contributed by atoms with Crippen molar-refractivity contribution in [2.24, 2.45) is 0 Å². The van der Waals surface area contributed by atoms with E-state index < -0.39 is 4.92 Å². The van der Waals surface area contributed by atoms with E-state index in [-0.39, 0.29) is 13.4 Å². The maximum absolute atomic E-state index is 10.5. The Kier molecular flexibility index (Phi) is 2.22. The predicted molar refractivity (Wildman–Crippen MR) is 57.2 cm³/mol. The Hall–Kier alpha value is -2.08. The molecule has 0 N–H and O–H groups in total. The lowest BCUT2D eigenvalue weighted by Gasteiger charge is -2.18. The van der Waals surface area contributed by atoms with Gasteiger partial charge in [-0.25, -0.2) is 0 Å². The van der Waals surface area contributed by atoms with E-state index in [2.05, 4.69) is 0 Å². The van der Waals surface area contributed by atoms with Gasteiger partial charge in [0.15, 0.2) is 11.5 Å². The van der Waals surface area contributed by atoms with Crippen LogP contribution in [-0.2, 0) is 11.3 Å². The minimum absolute atomic E-state index is 0.188. The van der Waals surface area contributed by atoms with Crippen LogP contribution in [0.5, 0.6) is 11.5 Å². The van der Waals surface area contributed by atoms with Gasteiger partial charge in [0.2, 0.25) is 13.0 Å². The van der Waals surface area contributed by atoms with Gasteiger partial charge in [-0.15, -0.1) is 0 Å². The third-order valence-corrected chi connectivity index (χ3v) is 2.72. The Balaban J connectivity index is 2.11. The average molecular weight is 235 g/mol. The zero-order valence-corrected chi connectivity index (χ0v) is 8.84. The lowest BCUT2D eigenvalue weighted by Crippen LogP contribution is -2.10. The molecule has 0 spiro atoms. The van der Waals surface area contributed by atoms with Crippen LogP contribution in [0, 0.1) is 10.1 Å². The van der Waals surface area contributed by atoms with E-state index in [0.717, 1.165) is 17.3 Å². The topological polar surface area (TPSA) is 70.8 Å². The summed E-state index contributed by atoms with van der Waals surface area (Å²) in [6.07, 6.45) is 0.972. The number of rotatable bonds is 1. The molecule has 0 saturated heterocycles.